The van der Waals surface area contributed by atoms with Crippen LogP contribution in [0.1, 0.15) is 44.1 Å². The molecule has 3 N–H and O–H groups in total. The molecule has 1 saturated carbocycles. The van der Waals surface area contributed by atoms with Gasteiger partial charge in [0, 0.05) is 33.4 Å². The van der Waals surface area contributed by atoms with Crippen molar-refractivity contribution in [3.63, 3.8) is 0 Å². The highest BCUT2D eigenvalue weighted by Gasteiger charge is 2.28. The Kier molecular flexibility index (Phi) is 6.21. The number of hydrogen-bond acceptors (Lipinski definition) is 4. The summed E-state index contributed by atoms with van der Waals surface area (Å²) in [6, 6.07) is 3.58. The van der Waals surface area contributed by atoms with E-state index in [4.69, 9.17) is 0 Å². The lowest BCUT2D eigenvalue weighted by Crippen LogP contribution is -2.46. The summed E-state index contributed by atoms with van der Waals surface area (Å²) >= 11 is 0. The number of anilines is 1. The zero-order valence-corrected chi connectivity index (χ0v) is 14.1. The number of carbonyl (C=O) groups excluding carboxylic acids is 1. The molecule has 1 aliphatic rings. The Bertz CT molecular complexity index is 511. The maximum Gasteiger partial charge on any atom is 0.315 e. The number of nitrogens with one attached hydrogen (secondary N) is 2. The highest BCUT2D eigenvalue weighted by Crippen LogP contribution is 2.26. The van der Waals surface area contributed by atoms with Gasteiger partial charge in [0.2, 0.25) is 0 Å². The normalized spacial score (nSPS) is 17.2. The Balaban J connectivity index is 1.77. The maximum atomic E-state index is 11.9. The molecular formula is C17H28N4O2. The molecule has 1 aliphatic carbocycles. The fourth-order valence-corrected chi connectivity index (χ4v) is 2.87. The van der Waals surface area contributed by atoms with Crippen molar-refractivity contribution in [3.05, 3.63) is 23.9 Å². The van der Waals surface area contributed by atoms with Gasteiger partial charge in [0.05, 0.1) is 5.60 Å². The average Bonchev–Trinajstić information content (AvgIpc) is 2.76. The molecule has 0 radical (unpaired) electrons. The molecular weight excluding hydrogens is 292 g/mol. The van der Waals surface area contributed by atoms with E-state index in [1.807, 2.05) is 31.1 Å². The molecule has 0 spiro atoms. The number of aliphatic hydroxyl groups is 1. The van der Waals surface area contributed by atoms with Gasteiger partial charge in [-0.25, -0.2) is 9.78 Å². The first-order valence-electron chi connectivity index (χ1n) is 8.35. The van der Waals surface area contributed by atoms with Gasteiger partial charge in [-0.05, 0) is 30.5 Å². The summed E-state index contributed by atoms with van der Waals surface area (Å²) in [5.41, 5.74) is 0.245. The van der Waals surface area contributed by atoms with Crippen molar-refractivity contribution < 1.29 is 9.90 Å². The lowest BCUT2D eigenvalue weighted by Gasteiger charge is -2.26. The van der Waals surface area contributed by atoms with Crippen molar-refractivity contribution in [2.45, 2.75) is 50.7 Å². The topological polar surface area (TPSA) is 77.5 Å². The first-order valence-corrected chi connectivity index (χ1v) is 8.35. The van der Waals surface area contributed by atoms with Gasteiger partial charge in [-0.3, -0.25) is 0 Å². The maximum absolute atomic E-state index is 11.9. The van der Waals surface area contributed by atoms with E-state index in [1.54, 1.807) is 6.20 Å². The highest BCUT2D eigenvalue weighted by molar-refractivity contribution is 5.73. The molecule has 1 aromatic rings. The Morgan fingerprint density at radius 2 is 1.96 bits per heavy atom. The second-order valence-corrected chi connectivity index (χ2v) is 6.59. The van der Waals surface area contributed by atoms with Crippen LogP contribution in [-0.2, 0) is 6.54 Å². The van der Waals surface area contributed by atoms with Crippen LogP contribution in [0.2, 0.25) is 0 Å². The van der Waals surface area contributed by atoms with Crippen LogP contribution in [-0.4, -0.2) is 42.4 Å². The lowest BCUT2D eigenvalue weighted by molar-refractivity contribution is 0.0277. The smallest absolute Gasteiger partial charge is 0.315 e. The molecule has 1 heterocycles. The second-order valence-electron chi connectivity index (χ2n) is 6.59. The third-order valence-electron chi connectivity index (χ3n) is 4.33. The minimum Gasteiger partial charge on any atom is -0.388 e. The van der Waals surface area contributed by atoms with Crippen molar-refractivity contribution in [3.8, 4) is 0 Å². The summed E-state index contributed by atoms with van der Waals surface area (Å²) in [6.07, 6.45) is 7.68. The summed E-state index contributed by atoms with van der Waals surface area (Å²) in [5, 5.41) is 16.2. The van der Waals surface area contributed by atoms with Gasteiger partial charge in [0.1, 0.15) is 5.82 Å². The summed E-state index contributed by atoms with van der Waals surface area (Å²) in [6.45, 7) is 0.756. The molecule has 1 fully saturated rings. The second kappa shape index (κ2) is 8.15. The number of aromatic nitrogens is 1. The van der Waals surface area contributed by atoms with Crippen molar-refractivity contribution >= 4 is 11.8 Å². The van der Waals surface area contributed by atoms with E-state index in [-0.39, 0.29) is 6.03 Å². The molecule has 6 heteroatoms. The number of urea groups is 1. The molecule has 0 unspecified atom stereocenters. The largest absolute Gasteiger partial charge is 0.388 e. The fraction of sp³-hybridized carbons (Fsp3) is 0.647. The number of hydrogen-bond donors (Lipinski definition) is 3. The van der Waals surface area contributed by atoms with E-state index in [0.29, 0.717) is 13.1 Å². The molecule has 2 amide bonds. The molecule has 2 rings (SSSR count). The number of amides is 2. The number of pyridine rings is 1. The van der Waals surface area contributed by atoms with Gasteiger partial charge >= 0.3 is 6.03 Å². The van der Waals surface area contributed by atoms with E-state index < -0.39 is 5.60 Å². The summed E-state index contributed by atoms with van der Waals surface area (Å²) in [5.74, 6) is 0.859. The molecule has 23 heavy (non-hydrogen) atoms. The SMILES string of the molecule is CN(C)c1cc(CNC(=O)NCC2(O)CCCCCC2)ccn1. The van der Waals surface area contributed by atoms with E-state index in [2.05, 4.69) is 15.6 Å². The first kappa shape index (κ1) is 17.5. The van der Waals surface area contributed by atoms with Gasteiger partial charge < -0.3 is 20.6 Å². The number of carbonyl (C=O) groups is 1. The molecule has 0 saturated heterocycles. The van der Waals surface area contributed by atoms with Crippen molar-refractivity contribution in [1.82, 2.24) is 15.6 Å². The zero-order valence-electron chi connectivity index (χ0n) is 14.1. The van der Waals surface area contributed by atoms with Crippen LogP contribution < -0.4 is 15.5 Å². The van der Waals surface area contributed by atoms with Crippen molar-refractivity contribution in [2.24, 2.45) is 0 Å². The van der Waals surface area contributed by atoms with E-state index >= 15 is 0 Å². The number of nitrogens with zero attached hydrogens (tertiary/aromatic N) is 2. The van der Waals surface area contributed by atoms with E-state index in [0.717, 1.165) is 37.1 Å². The predicted octanol–water partition coefficient (Wildman–Crippen LogP) is 2.03. The predicted molar refractivity (Wildman–Crippen MR) is 91.5 cm³/mol. The van der Waals surface area contributed by atoms with Gasteiger partial charge in [-0.1, -0.05) is 25.7 Å². The van der Waals surface area contributed by atoms with Crippen LogP contribution in [0, 0.1) is 0 Å². The standard InChI is InChI=1S/C17H28N4O2/c1-21(2)15-11-14(7-10-18-15)12-19-16(22)20-13-17(23)8-5-3-4-6-9-17/h7,10-11,23H,3-6,8-9,12-13H2,1-2H3,(H2,19,20,22). The minimum atomic E-state index is -0.747. The third kappa shape index (κ3) is 5.71. The molecule has 0 aliphatic heterocycles. The average molecular weight is 320 g/mol. The molecule has 6 nitrogen and oxygen atoms in total. The summed E-state index contributed by atoms with van der Waals surface area (Å²) < 4.78 is 0. The van der Waals surface area contributed by atoms with E-state index in [1.165, 1.54) is 12.8 Å². The lowest BCUT2D eigenvalue weighted by atomic mass is 9.95. The van der Waals surface area contributed by atoms with Crippen molar-refractivity contribution in [1.29, 1.82) is 0 Å². The molecule has 1 aromatic heterocycles. The Morgan fingerprint density at radius 3 is 2.61 bits per heavy atom. The Hall–Kier alpha value is -1.82. The monoisotopic (exact) mass is 320 g/mol. The summed E-state index contributed by atoms with van der Waals surface area (Å²) in [4.78, 5) is 18.1. The Labute approximate surface area is 138 Å². The third-order valence-corrected chi connectivity index (χ3v) is 4.33. The fourth-order valence-electron chi connectivity index (χ4n) is 2.87. The minimum absolute atomic E-state index is 0.245. The Morgan fingerprint density at radius 1 is 1.26 bits per heavy atom. The highest BCUT2D eigenvalue weighted by atomic mass is 16.3. The van der Waals surface area contributed by atoms with Gasteiger partial charge in [-0.2, -0.15) is 0 Å². The van der Waals surface area contributed by atoms with E-state index in [9.17, 15) is 9.90 Å². The molecule has 0 atom stereocenters. The van der Waals surface area contributed by atoms with Crippen LogP contribution in [0.15, 0.2) is 18.3 Å². The van der Waals surface area contributed by atoms with Crippen LogP contribution >= 0.6 is 0 Å². The van der Waals surface area contributed by atoms with Gasteiger partial charge in [0.15, 0.2) is 0 Å². The van der Waals surface area contributed by atoms with Crippen LogP contribution in [0.25, 0.3) is 0 Å². The van der Waals surface area contributed by atoms with Crippen LogP contribution in [0.4, 0.5) is 10.6 Å². The molecule has 0 bridgehead atoms. The summed E-state index contributed by atoms with van der Waals surface area (Å²) in [7, 11) is 3.86. The van der Waals surface area contributed by atoms with Gasteiger partial charge in [0.25, 0.3) is 0 Å². The number of rotatable bonds is 5. The van der Waals surface area contributed by atoms with Crippen LogP contribution in [0.5, 0.6) is 0 Å². The molecule has 0 aromatic carbocycles. The first-order chi connectivity index (χ1) is 11.0. The van der Waals surface area contributed by atoms with Crippen LogP contribution in [0.3, 0.4) is 0 Å². The molecule has 128 valence electrons. The quantitative estimate of drug-likeness (QED) is 0.726. The van der Waals surface area contributed by atoms with Gasteiger partial charge in [-0.15, -0.1) is 0 Å². The van der Waals surface area contributed by atoms with Crippen molar-refractivity contribution in [2.75, 3.05) is 25.5 Å². The zero-order chi connectivity index (χ0) is 16.7.